The van der Waals surface area contributed by atoms with Gasteiger partial charge in [0.2, 0.25) is 0 Å². The van der Waals surface area contributed by atoms with Gasteiger partial charge in [-0.05, 0) is 43.7 Å². The molecule has 3 heterocycles. The summed E-state index contributed by atoms with van der Waals surface area (Å²) in [4.78, 5) is 36.9. The number of aromatic amines is 1. The molecule has 1 unspecified atom stereocenters. The van der Waals surface area contributed by atoms with E-state index in [2.05, 4.69) is 39.3 Å². The number of benzene rings is 1. The Balaban J connectivity index is 1.50. The van der Waals surface area contributed by atoms with Crippen LogP contribution in [0, 0.1) is 6.92 Å². The lowest BCUT2D eigenvalue weighted by Gasteiger charge is -2.34. The van der Waals surface area contributed by atoms with Gasteiger partial charge in [-0.1, -0.05) is 44.2 Å². The summed E-state index contributed by atoms with van der Waals surface area (Å²) in [5.74, 6) is 0.508. The van der Waals surface area contributed by atoms with Crippen molar-refractivity contribution >= 4 is 11.8 Å². The van der Waals surface area contributed by atoms with Crippen LogP contribution in [0.15, 0.2) is 42.6 Å². The minimum atomic E-state index is -0.231. The lowest BCUT2D eigenvalue weighted by atomic mass is 10.0. The molecular formula is C25H30N6O2. The van der Waals surface area contributed by atoms with Crippen LogP contribution in [0.1, 0.15) is 88.7 Å². The van der Waals surface area contributed by atoms with Gasteiger partial charge in [-0.3, -0.25) is 14.7 Å². The SMILES string of the molecule is Cc1nc(C2CCCCN2C(=O)c2cc(C(C)C)[nH]n2)ncc1C(=O)NCc1ccccc1. The van der Waals surface area contributed by atoms with Gasteiger partial charge in [-0.15, -0.1) is 0 Å². The second kappa shape index (κ2) is 9.94. The van der Waals surface area contributed by atoms with E-state index in [4.69, 9.17) is 0 Å². The molecule has 1 aliphatic heterocycles. The number of carbonyl (C=O) groups excluding carboxylic acids is 2. The molecule has 1 saturated heterocycles. The van der Waals surface area contributed by atoms with Crippen LogP contribution in [0.5, 0.6) is 0 Å². The number of likely N-dealkylation sites (tertiary alicyclic amines) is 1. The zero-order valence-corrected chi connectivity index (χ0v) is 19.3. The van der Waals surface area contributed by atoms with E-state index >= 15 is 0 Å². The van der Waals surface area contributed by atoms with Crippen LogP contribution in [0.2, 0.25) is 0 Å². The number of H-pyrrole nitrogens is 1. The fourth-order valence-corrected chi connectivity index (χ4v) is 4.07. The molecule has 0 saturated carbocycles. The zero-order chi connectivity index (χ0) is 23.4. The molecule has 2 N–H and O–H groups in total. The summed E-state index contributed by atoms with van der Waals surface area (Å²) in [5, 5.41) is 10.1. The highest BCUT2D eigenvalue weighted by molar-refractivity contribution is 5.95. The molecule has 0 spiro atoms. The molecule has 4 rings (SSSR count). The van der Waals surface area contributed by atoms with Crippen LogP contribution in [0.4, 0.5) is 0 Å². The van der Waals surface area contributed by atoms with Gasteiger partial charge in [-0.25, -0.2) is 9.97 Å². The van der Waals surface area contributed by atoms with E-state index in [0.717, 1.165) is 30.5 Å². The molecule has 1 fully saturated rings. The predicted octanol–water partition coefficient (Wildman–Crippen LogP) is 3.93. The maximum atomic E-state index is 13.2. The lowest BCUT2D eigenvalue weighted by Crippen LogP contribution is -2.39. The van der Waals surface area contributed by atoms with Gasteiger partial charge in [0.1, 0.15) is 5.69 Å². The van der Waals surface area contributed by atoms with Gasteiger partial charge in [0.25, 0.3) is 11.8 Å². The van der Waals surface area contributed by atoms with E-state index in [1.54, 1.807) is 13.1 Å². The number of amides is 2. The van der Waals surface area contributed by atoms with E-state index in [-0.39, 0.29) is 23.8 Å². The lowest BCUT2D eigenvalue weighted by molar-refractivity contribution is 0.0593. The average molecular weight is 447 g/mol. The summed E-state index contributed by atoms with van der Waals surface area (Å²) in [6.07, 6.45) is 4.28. The topological polar surface area (TPSA) is 104 Å². The monoisotopic (exact) mass is 446 g/mol. The van der Waals surface area contributed by atoms with Crippen molar-refractivity contribution < 1.29 is 9.59 Å². The molecule has 0 aliphatic carbocycles. The van der Waals surface area contributed by atoms with Gasteiger partial charge in [0.05, 0.1) is 17.3 Å². The number of nitrogens with zero attached hydrogens (tertiary/aromatic N) is 4. The number of aryl methyl sites for hydroxylation is 1. The molecule has 8 heteroatoms. The highest BCUT2D eigenvalue weighted by Crippen LogP contribution is 2.30. The van der Waals surface area contributed by atoms with Gasteiger partial charge < -0.3 is 10.2 Å². The molecule has 3 aromatic rings. The Morgan fingerprint density at radius 1 is 1.21 bits per heavy atom. The van der Waals surface area contributed by atoms with E-state index in [9.17, 15) is 9.59 Å². The average Bonchev–Trinajstić information content (AvgIpc) is 3.33. The Morgan fingerprint density at radius 2 is 2.00 bits per heavy atom. The number of hydrogen-bond acceptors (Lipinski definition) is 5. The number of rotatable bonds is 6. The number of piperidine rings is 1. The Labute approximate surface area is 193 Å². The molecule has 1 atom stereocenters. The Hall–Kier alpha value is -3.55. The normalized spacial score (nSPS) is 16.1. The van der Waals surface area contributed by atoms with Crippen molar-refractivity contribution in [3.8, 4) is 0 Å². The minimum Gasteiger partial charge on any atom is -0.348 e. The van der Waals surface area contributed by atoms with Crippen molar-refractivity contribution in [1.29, 1.82) is 0 Å². The van der Waals surface area contributed by atoms with Crippen molar-refractivity contribution in [2.75, 3.05) is 6.54 Å². The Kier molecular flexibility index (Phi) is 6.82. The van der Waals surface area contributed by atoms with Gasteiger partial charge in [-0.2, -0.15) is 5.10 Å². The third-order valence-electron chi connectivity index (χ3n) is 6.04. The molecule has 0 radical (unpaired) electrons. The van der Waals surface area contributed by atoms with Crippen molar-refractivity contribution in [3.05, 3.63) is 76.6 Å². The maximum Gasteiger partial charge on any atom is 0.274 e. The van der Waals surface area contributed by atoms with Crippen LogP contribution in [-0.4, -0.2) is 43.4 Å². The van der Waals surface area contributed by atoms with Crippen LogP contribution < -0.4 is 5.32 Å². The van der Waals surface area contributed by atoms with Crippen molar-refractivity contribution in [1.82, 2.24) is 30.4 Å². The molecule has 172 valence electrons. The molecule has 2 amide bonds. The third-order valence-corrected chi connectivity index (χ3v) is 6.04. The first-order valence-corrected chi connectivity index (χ1v) is 11.5. The van der Waals surface area contributed by atoms with Crippen LogP contribution in [-0.2, 0) is 6.54 Å². The first kappa shape index (κ1) is 22.6. The summed E-state index contributed by atoms with van der Waals surface area (Å²) >= 11 is 0. The smallest absolute Gasteiger partial charge is 0.274 e. The standard InChI is InChI=1S/C25H30N6O2/c1-16(2)20-13-21(30-29-20)25(33)31-12-8-7-11-22(31)23-26-15-19(17(3)28-23)24(32)27-14-18-9-5-4-6-10-18/h4-6,9-10,13,15-16,22H,7-8,11-12,14H2,1-3H3,(H,27,32)(H,29,30). The molecule has 33 heavy (non-hydrogen) atoms. The number of hydrogen-bond donors (Lipinski definition) is 2. The highest BCUT2D eigenvalue weighted by Gasteiger charge is 2.32. The largest absolute Gasteiger partial charge is 0.348 e. The first-order valence-electron chi connectivity index (χ1n) is 11.5. The molecule has 0 bridgehead atoms. The van der Waals surface area contributed by atoms with Crippen LogP contribution >= 0.6 is 0 Å². The Bertz CT molecular complexity index is 1120. The van der Waals surface area contributed by atoms with Crippen LogP contribution in [0.3, 0.4) is 0 Å². The quantitative estimate of drug-likeness (QED) is 0.597. The third kappa shape index (κ3) is 5.10. The molecular weight excluding hydrogens is 416 g/mol. The van der Waals surface area contributed by atoms with Gasteiger partial charge in [0.15, 0.2) is 5.82 Å². The fraction of sp³-hybridized carbons (Fsp3) is 0.400. The summed E-state index contributed by atoms with van der Waals surface area (Å²) < 4.78 is 0. The van der Waals surface area contributed by atoms with Crippen LogP contribution in [0.25, 0.3) is 0 Å². The molecule has 1 aromatic carbocycles. The summed E-state index contributed by atoms with van der Waals surface area (Å²) in [6, 6.07) is 11.3. The Morgan fingerprint density at radius 3 is 2.70 bits per heavy atom. The number of carbonyl (C=O) groups is 2. The number of aromatic nitrogens is 4. The molecule has 2 aromatic heterocycles. The van der Waals surface area contributed by atoms with E-state index in [1.165, 1.54) is 0 Å². The van der Waals surface area contributed by atoms with Crippen molar-refractivity contribution in [2.45, 2.75) is 58.5 Å². The minimum absolute atomic E-state index is 0.117. The van der Waals surface area contributed by atoms with Crippen molar-refractivity contribution in [3.63, 3.8) is 0 Å². The predicted molar refractivity (Wildman–Crippen MR) is 125 cm³/mol. The first-order chi connectivity index (χ1) is 15.9. The van der Waals surface area contributed by atoms with E-state index < -0.39 is 0 Å². The maximum absolute atomic E-state index is 13.2. The van der Waals surface area contributed by atoms with Gasteiger partial charge in [0, 0.05) is 25.0 Å². The zero-order valence-electron chi connectivity index (χ0n) is 19.3. The summed E-state index contributed by atoms with van der Waals surface area (Å²) in [5.41, 5.74) is 3.42. The van der Waals surface area contributed by atoms with Crippen molar-refractivity contribution in [2.24, 2.45) is 0 Å². The fourth-order valence-electron chi connectivity index (χ4n) is 4.07. The molecule has 8 nitrogen and oxygen atoms in total. The van der Waals surface area contributed by atoms with E-state index in [0.29, 0.717) is 35.9 Å². The summed E-state index contributed by atoms with van der Waals surface area (Å²) in [6.45, 7) is 6.99. The second-order valence-electron chi connectivity index (χ2n) is 8.77. The second-order valence-corrected chi connectivity index (χ2v) is 8.77. The van der Waals surface area contributed by atoms with E-state index in [1.807, 2.05) is 41.3 Å². The molecule has 1 aliphatic rings. The van der Waals surface area contributed by atoms with Gasteiger partial charge >= 0.3 is 0 Å². The number of nitrogens with one attached hydrogen (secondary N) is 2. The highest BCUT2D eigenvalue weighted by atomic mass is 16.2. The summed E-state index contributed by atoms with van der Waals surface area (Å²) in [7, 11) is 0.